The van der Waals surface area contributed by atoms with Gasteiger partial charge in [-0.1, -0.05) is 42.5 Å². The van der Waals surface area contributed by atoms with Gasteiger partial charge in [-0.15, -0.1) is 0 Å². The number of benzene rings is 2. The fourth-order valence-electron chi connectivity index (χ4n) is 4.64. The first kappa shape index (κ1) is 22.4. The van der Waals surface area contributed by atoms with Crippen molar-refractivity contribution in [2.75, 3.05) is 44.2 Å². The molecule has 1 aromatic heterocycles. The number of nitrogens with zero attached hydrogens (tertiary/aromatic N) is 4. The molecule has 3 aromatic rings. The first-order valence-corrected chi connectivity index (χ1v) is 11.4. The molecule has 0 bridgehead atoms. The molecule has 2 saturated heterocycles. The highest BCUT2D eigenvalue weighted by Gasteiger charge is 2.39. The van der Waals surface area contributed by atoms with E-state index >= 15 is 0 Å². The largest absolute Gasteiger partial charge is 0.419 e. The molecule has 176 valence electrons. The summed E-state index contributed by atoms with van der Waals surface area (Å²) in [6.07, 6.45) is -3.02. The van der Waals surface area contributed by atoms with E-state index in [1.807, 2.05) is 59.5 Å². The lowest BCUT2D eigenvalue weighted by molar-refractivity contribution is -0.137. The van der Waals surface area contributed by atoms with Crippen molar-refractivity contribution >= 4 is 11.7 Å². The van der Waals surface area contributed by atoms with Crippen LogP contribution in [-0.4, -0.2) is 66.0 Å². The Morgan fingerprint density at radius 2 is 1.47 bits per heavy atom. The van der Waals surface area contributed by atoms with E-state index in [0.717, 1.165) is 17.2 Å². The van der Waals surface area contributed by atoms with Crippen molar-refractivity contribution < 1.29 is 18.0 Å². The van der Waals surface area contributed by atoms with Gasteiger partial charge in [-0.25, -0.2) is 4.98 Å². The molecule has 0 spiro atoms. The maximum absolute atomic E-state index is 13.3. The van der Waals surface area contributed by atoms with Gasteiger partial charge in [-0.2, -0.15) is 13.2 Å². The molecule has 5 nitrogen and oxygen atoms in total. The molecule has 5 rings (SSSR count). The van der Waals surface area contributed by atoms with Crippen molar-refractivity contribution in [2.24, 2.45) is 0 Å². The summed E-state index contributed by atoms with van der Waals surface area (Å²) in [5.74, 6) is 0.0109. The van der Waals surface area contributed by atoms with Gasteiger partial charge >= 0.3 is 6.18 Å². The van der Waals surface area contributed by atoms with E-state index in [1.54, 1.807) is 4.90 Å². The van der Waals surface area contributed by atoms with Crippen molar-refractivity contribution in [1.82, 2.24) is 14.8 Å². The van der Waals surface area contributed by atoms with Crippen molar-refractivity contribution in [1.29, 1.82) is 0 Å². The fourth-order valence-corrected chi connectivity index (χ4v) is 4.64. The maximum atomic E-state index is 13.3. The summed E-state index contributed by atoms with van der Waals surface area (Å²) in [6.45, 7) is 3.52. The molecular formula is C26H25F3N4O. The Labute approximate surface area is 196 Å². The second kappa shape index (κ2) is 9.10. The number of hydrogen-bond donors (Lipinski definition) is 0. The third kappa shape index (κ3) is 4.50. The van der Waals surface area contributed by atoms with Crippen LogP contribution in [0.15, 0.2) is 72.9 Å². The van der Waals surface area contributed by atoms with Crippen LogP contribution in [-0.2, 0) is 6.18 Å². The summed E-state index contributed by atoms with van der Waals surface area (Å²) in [7, 11) is 0. The highest BCUT2D eigenvalue weighted by atomic mass is 19.4. The van der Waals surface area contributed by atoms with Crippen LogP contribution in [0, 0.1) is 0 Å². The van der Waals surface area contributed by atoms with Gasteiger partial charge in [-0.3, -0.25) is 9.69 Å². The number of alkyl halides is 3. The van der Waals surface area contributed by atoms with E-state index in [4.69, 9.17) is 0 Å². The van der Waals surface area contributed by atoms with Crippen molar-refractivity contribution in [3.05, 3.63) is 84.1 Å². The molecule has 0 atom stereocenters. The molecule has 34 heavy (non-hydrogen) atoms. The number of anilines is 1. The first-order chi connectivity index (χ1) is 16.4. The Balaban J connectivity index is 1.14. The monoisotopic (exact) mass is 466 g/mol. The molecule has 0 saturated carbocycles. The zero-order valence-electron chi connectivity index (χ0n) is 18.6. The summed E-state index contributed by atoms with van der Waals surface area (Å²) in [4.78, 5) is 22.6. The smallest absolute Gasteiger partial charge is 0.354 e. The Kier molecular flexibility index (Phi) is 6.00. The molecule has 2 aliphatic heterocycles. The van der Waals surface area contributed by atoms with Crippen molar-refractivity contribution in [2.45, 2.75) is 12.2 Å². The van der Waals surface area contributed by atoms with E-state index in [0.29, 0.717) is 44.8 Å². The van der Waals surface area contributed by atoms with Crippen LogP contribution in [0.2, 0.25) is 0 Å². The minimum absolute atomic E-state index is 0.000914. The number of likely N-dealkylation sites (tertiary alicyclic amines) is 1. The predicted molar refractivity (Wildman–Crippen MR) is 125 cm³/mol. The summed E-state index contributed by atoms with van der Waals surface area (Å²) < 4.78 is 40.0. The predicted octanol–water partition coefficient (Wildman–Crippen LogP) is 4.41. The molecule has 0 unspecified atom stereocenters. The summed E-state index contributed by atoms with van der Waals surface area (Å²) in [6, 6.07) is 20.3. The van der Waals surface area contributed by atoms with E-state index in [1.165, 1.54) is 12.3 Å². The molecule has 3 heterocycles. The number of pyridine rings is 1. The molecule has 8 heteroatoms. The second-order valence-electron chi connectivity index (χ2n) is 8.70. The van der Waals surface area contributed by atoms with Gasteiger partial charge in [0, 0.05) is 57.1 Å². The maximum Gasteiger partial charge on any atom is 0.419 e. The van der Waals surface area contributed by atoms with Crippen LogP contribution >= 0.6 is 0 Å². The van der Waals surface area contributed by atoms with Crippen LogP contribution in [0.25, 0.3) is 11.1 Å². The van der Waals surface area contributed by atoms with Gasteiger partial charge in [-0.05, 0) is 35.4 Å². The highest BCUT2D eigenvalue weighted by molar-refractivity contribution is 5.95. The fraction of sp³-hybridized carbons (Fsp3) is 0.308. The minimum Gasteiger partial charge on any atom is -0.354 e. The van der Waals surface area contributed by atoms with Gasteiger partial charge in [0.05, 0.1) is 5.56 Å². The lowest BCUT2D eigenvalue weighted by atomic mass is 10.0. The average molecular weight is 467 g/mol. The van der Waals surface area contributed by atoms with E-state index in [9.17, 15) is 18.0 Å². The standard InChI is InChI=1S/C26H25F3N4O/c27-26(28,29)23-7-4-12-30-24(23)32-15-13-31(14-16-32)22-17-33(18-22)25(34)21-10-8-20(9-11-21)19-5-2-1-3-6-19/h1-12,22H,13-18H2. The van der Waals surface area contributed by atoms with Crippen LogP contribution in [0.3, 0.4) is 0 Å². The zero-order valence-corrected chi connectivity index (χ0v) is 18.6. The van der Waals surface area contributed by atoms with Crippen LogP contribution < -0.4 is 4.90 Å². The number of aromatic nitrogens is 1. The average Bonchev–Trinajstić information content (AvgIpc) is 2.84. The number of carbonyl (C=O) groups excluding carboxylic acids is 1. The second-order valence-corrected chi connectivity index (χ2v) is 8.70. The van der Waals surface area contributed by atoms with Gasteiger partial charge in [0.1, 0.15) is 5.82 Å². The molecule has 2 fully saturated rings. The topological polar surface area (TPSA) is 39.7 Å². The number of halogens is 3. The summed E-state index contributed by atoms with van der Waals surface area (Å²) in [5.41, 5.74) is 2.15. The van der Waals surface area contributed by atoms with Gasteiger partial charge in [0.25, 0.3) is 5.91 Å². The molecule has 0 aliphatic carbocycles. The Morgan fingerprint density at radius 3 is 2.12 bits per heavy atom. The number of hydrogen-bond acceptors (Lipinski definition) is 4. The van der Waals surface area contributed by atoms with E-state index in [2.05, 4.69) is 9.88 Å². The molecule has 1 amide bonds. The van der Waals surface area contributed by atoms with Gasteiger partial charge in [0.2, 0.25) is 0 Å². The SMILES string of the molecule is O=C(c1ccc(-c2ccccc2)cc1)N1CC(N2CCN(c3ncccc3C(F)(F)F)CC2)C1. The molecule has 0 N–H and O–H groups in total. The van der Waals surface area contributed by atoms with E-state index < -0.39 is 11.7 Å². The Bertz CT molecular complexity index is 1140. The van der Waals surface area contributed by atoms with Gasteiger partial charge < -0.3 is 9.80 Å². The first-order valence-electron chi connectivity index (χ1n) is 11.4. The normalized spacial score (nSPS) is 17.5. The molecule has 2 aromatic carbocycles. The van der Waals surface area contributed by atoms with Gasteiger partial charge in [0.15, 0.2) is 0 Å². The van der Waals surface area contributed by atoms with Crippen LogP contribution in [0.4, 0.5) is 19.0 Å². The number of carbonyl (C=O) groups is 1. The van der Waals surface area contributed by atoms with Crippen LogP contribution in [0.5, 0.6) is 0 Å². The number of rotatable bonds is 4. The third-order valence-electron chi connectivity index (χ3n) is 6.61. The molecule has 2 aliphatic rings. The minimum atomic E-state index is -4.42. The lowest BCUT2D eigenvalue weighted by Gasteiger charge is -2.48. The quantitative estimate of drug-likeness (QED) is 0.571. The highest BCUT2D eigenvalue weighted by Crippen LogP contribution is 2.35. The lowest BCUT2D eigenvalue weighted by Crippen LogP contribution is -2.64. The van der Waals surface area contributed by atoms with Crippen molar-refractivity contribution in [3.63, 3.8) is 0 Å². The van der Waals surface area contributed by atoms with Crippen molar-refractivity contribution in [3.8, 4) is 11.1 Å². The Morgan fingerprint density at radius 1 is 0.824 bits per heavy atom. The summed E-state index contributed by atoms with van der Waals surface area (Å²) in [5, 5.41) is 0. The number of piperazine rings is 1. The van der Waals surface area contributed by atoms with Crippen LogP contribution in [0.1, 0.15) is 15.9 Å². The third-order valence-corrected chi connectivity index (χ3v) is 6.61. The molecule has 0 radical (unpaired) electrons. The van der Waals surface area contributed by atoms with E-state index in [-0.39, 0.29) is 17.8 Å². The molecular weight excluding hydrogens is 441 g/mol. The number of amides is 1. The Hall–Kier alpha value is -3.39. The summed E-state index contributed by atoms with van der Waals surface area (Å²) >= 11 is 0. The zero-order chi connectivity index (χ0) is 23.7.